The molecule has 0 atom stereocenters. The number of hydrogen-bond acceptors (Lipinski definition) is 3. The number of hydrogen-bond donors (Lipinski definition) is 0. The lowest BCUT2D eigenvalue weighted by Crippen LogP contribution is -2.03. The molecule has 0 aliphatic heterocycles. The Kier molecular flexibility index (Phi) is 3.06. The van der Waals surface area contributed by atoms with Crippen LogP contribution in [0.5, 0.6) is 0 Å². The maximum absolute atomic E-state index is 4.42. The summed E-state index contributed by atoms with van der Waals surface area (Å²) in [5.74, 6) is 0.612. The van der Waals surface area contributed by atoms with Crippen molar-refractivity contribution < 1.29 is 0 Å². The highest BCUT2D eigenvalue weighted by atomic mass is 15.3. The molecule has 20 heavy (non-hydrogen) atoms. The van der Waals surface area contributed by atoms with Crippen LogP contribution in [0.15, 0.2) is 42.7 Å². The van der Waals surface area contributed by atoms with E-state index in [9.17, 15) is 0 Å². The van der Waals surface area contributed by atoms with Gasteiger partial charge >= 0.3 is 0 Å². The van der Waals surface area contributed by atoms with Gasteiger partial charge in [0.25, 0.3) is 5.95 Å². The minimum atomic E-state index is 0.612. The van der Waals surface area contributed by atoms with Gasteiger partial charge in [-0.05, 0) is 32.4 Å². The van der Waals surface area contributed by atoms with E-state index in [4.69, 9.17) is 0 Å². The minimum Gasteiger partial charge on any atom is -0.216 e. The van der Waals surface area contributed by atoms with E-state index < -0.39 is 0 Å². The SMILES string of the molecule is Cc1cccc(-c2cnn(-c3nc(C)cc(C)n3)c2)c1. The largest absolute Gasteiger partial charge is 0.250 e. The van der Waals surface area contributed by atoms with E-state index in [1.165, 1.54) is 5.56 Å². The Hall–Kier alpha value is -2.49. The molecule has 0 spiro atoms. The van der Waals surface area contributed by atoms with E-state index in [-0.39, 0.29) is 0 Å². The van der Waals surface area contributed by atoms with E-state index >= 15 is 0 Å². The van der Waals surface area contributed by atoms with Crippen LogP contribution in [0.25, 0.3) is 17.1 Å². The summed E-state index contributed by atoms with van der Waals surface area (Å²) in [6.07, 6.45) is 3.80. The topological polar surface area (TPSA) is 43.6 Å². The molecule has 0 aliphatic rings. The van der Waals surface area contributed by atoms with E-state index in [1.54, 1.807) is 4.68 Å². The Morgan fingerprint density at radius 3 is 2.35 bits per heavy atom. The van der Waals surface area contributed by atoms with Crippen molar-refractivity contribution in [2.75, 3.05) is 0 Å². The normalized spacial score (nSPS) is 10.8. The third kappa shape index (κ3) is 2.45. The van der Waals surface area contributed by atoms with Gasteiger partial charge in [-0.2, -0.15) is 5.10 Å². The molecule has 0 saturated heterocycles. The van der Waals surface area contributed by atoms with Gasteiger partial charge in [0.15, 0.2) is 0 Å². The quantitative estimate of drug-likeness (QED) is 0.713. The van der Waals surface area contributed by atoms with Crippen LogP contribution in [0.3, 0.4) is 0 Å². The van der Waals surface area contributed by atoms with Gasteiger partial charge in [-0.25, -0.2) is 14.6 Å². The van der Waals surface area contributed by atoms with Gasteiger partial charge in [0, 0.05) is 23.1 Å². The van der Waals surface area contributed by atoms with Crippen LogP contribution in [-0.2, 0) is 0 Å². The first kappa shape index (κ1) is 12.5. The molecule has 0 radical (unpaired) electrons. The summed E-state index contributed by atoms with van der Waals surface area (Å²) in [7, 11) is 0. The highest BCUT2D eigenvalue weighted by Gasteiger charge is 2.06. The monoisotopic (exact) mass is 264 g/mol. The highest BCUT2D eigenvalue weighted by molar-refractivity contribution is 5.62. The lowest BCUT2D eigenvalue weighted by molar-refractivity contribution is 0.794. The first-order chi connectivity index (χ1) is 9.61. The molecule has 2 heterocycles. The number of aryl methyl sites for hydroxylation is 3. The predicted molar refractivity (Wildman–Crippen MR) is 78.8 cm³/mol. The van der Waals surface area contributed by atoms with Gasteiger partial charge in [-0.15, -0.1) is 0 Å². The molecule has 0 N–H and O–H groups in total. The molecule has 0 saturated carbocycles. The fraction of sp³-hybridized carbons (Fsp3) is 0.188. The van der Waals surface area contributed by atoms with Crippen molar-refractivity contribution in [1.29, 1.82) is 0 Å². The van der Waals surface area contributed by atoms with Crippen LogP contribution in [0.2, 0.25) is 0 Å². The maximum Gasteiger partial charge on any atom is 0.250 e. The van der Waals surface area contributed by atoms with Crippen molar-refractivity contribution in [1.82, 2.24) is 19.7 Å². The van der Waals surface area contributed by atoms with Gasteiger partial charge in [0.05, 0.1) is 6.20 Å². The highest BCUT2D eigenvalue weighted by Crippen LogP contribution is 2.20. The van der Waals surface area contributed by atoms with Gasteiger partial charge in [0.2, 0.25) is 0 Å². The molecular weight excluding hydrogens is 248 g/mol. The van der Waals surface area contributed by atoms with Gasteiger partial charge < -0.3 is 0 Å². The molecule has 4 heteroatoms. The second-order valence-electron chi connectivity index (χ2n) is 4.99. The van der Waals surface area contributed by atoms with Crippen LogP contribution < -0.4 is 0 Å². The zero-order valence-corrected chi connectivity index (χ0v) is 11.8. The average Bonchev–Trinajstić information content (AvgIpc) is 2.87. The smallest absolute Gasteiger partial charge is 0.216 e. The Morgan fingerprint density at radius 2 is 1.65 bits per heavy atom. The van der Waals surface area contributed by atoms with Crippen LogP contribution in [0.1, 0.15) is 17.0 Å². The van der Waals surface area contributed by atoms with Crippen molar-refractivity contribution in [3.05, 3.63) is 59.7 Å². The Balaban J connectivity index is 2.02. The molecule has 0 amide bonds. The average molecular weight is 264 g/mol. The third-order valence-corrected chi connectivity index (χ3v) is 3.11. The lowest BCUT2D eigenvalue weighted by Gasteiger charge is -2.02. The predicted octanol–water partition coefficient (Wildman–Crippen LogP) is 3.25. The Labute approximate surface area is 118 Å². The van der Waals surface area contributed by atoms with E-state index in [0.29, 0.717) is 5.95 Å². The van der Waals surface area contributed by atoms with Crippen LogP contribution in [0.4, 0.5) is 0 Å². The van der Waals surface area contributed by atoms with Gasteiger partial charge in [0.1, 0.15) is 0 Å². The fourth-order valence-corrected chi connectivity index (χ4v) is 2.22. The minimum absolute atomic E-state index is 0.612. The van der Waals surface area contributed by atoms with Crippen molar-refractivity contribution >= 4 is 0 Å². The number of aromatic nitrogens is 4. The summed E-state index contributed by atoms with van der Waals surface area (Å²) < 4.78 is 1.72. The van der Waals surface area contributed by atoms with Crippen molar-refractivity contribution in [2.45, 2.75) is 20.8 Å². The van der Waals surface area contributed by atoms with E-state index in [2.05, 4.69) is 46.3 Å². The maximum atomic E-state index is 4.42. The second-order valence-corrected chi connectivity index (χ2v) is 4.99. The van der Waals surface area contributed by atoms with Crippen LogP contribution >= 0.6 is 0 Å². The van der Waals surface area contributed by atoms with E-state index in [0.717, 1.165) is 22.5 Å². The zero-order chi connectivity index (χ0) is 14.1. The molecule has 2 aromatic heterocycles. The van der Waals surface area contributed by atoms with Crippen molar-refractivity contribution in [3.8, 4) is 17.1 Å². The molecule has 1 aromatic carbocycles. The summed E-state index contributed by atoms with van der Waals surface area (Å²) in [4.78, 5) is 8.84. The lowest BCUT2D eigenvalue weighted by atomic mass is 10.1. The molecule has 0 aliphatic carbocycles. The number of rotatable bonds is 2. The number of benzene rings is 1. The Morgan fingerprint density at radius 1 is 0.900 bits per heavy atom. The third-order valence-electron chi connectivity index (χ3n) is 3.11. The molecule has 100 valence electrons. The second kappa shape index (κ2) is 4.89. The first-order valence-corrected chi connectivity index (χ1v) is 6.56. The molecule has 3 aromatic rings. The summed E-state index contributed by atoms with van der Waals surface area (Å²) >= 11 is 0. The van der Waals surface area contributed by atoms with Crippen LogP contribution in [-0.4, -0.2) is 19.7 Å². The standard InChI is InChI=1S/C16H16N4/c1-11-5-4-6-14(7-11)15-9-17-20(10-15)16-18-12(2)8-13(3)19-16/h4-10H,1-3H3. The van der Waals surface area contributed by atoms with Crippen molar-refractivity contribution in [3.63, 3.8) is 0 Å². The van der Waals surface area contributed by atoms with Gasteiger partial charge in [-0.1, -0.05) is 29.8 Å². The molecule has 0 fully saturated rings. The van der Waals surface area contributed by atoms with E-state index in [1.807, 2.05) is 32.3 Å². The zero-order valence-electron chi connectivity index (χ0n) is 11.8. The molecule has 4 nitrogen and oxygen atoms in total. The molecule has 3 rings (SSSR count). The van der Waals surface area contributed by atoms with Gasteiger partial charge in [-0.3, -0.25) is 0 Å². The summed E-state index contributed by atoms with van der Waals surface area (Å²) in [5, 5.41) is 4.37. The Bertz CT molecular complexity index is 738. The van der Waals surface area contributed by atoms with Crippen LogP contribution in [0, 0.1) is 20.8 Å². The molecular formula is C16H16N4. The molecule has 0 unspecified atom stereocenters. The first-order valence-electron chi connectivity index (χ1n) is 6.56. The number of nitrogens with zero attached hydrogens (tertiary/aromatic N) is 4. The summed E-state index contributed by atoms with van der Waals surface area (Å²) in [5.41, 5.74) is 5.34. The fourth-order valence-electron chi connectivity index (χ4n) is 2.22. The summed E-state index contributed by atoms with van der Waals surface area (Å²) in [6.45, 7) is 6.01. The summed E-state index contributed by atoms with van der Waals surface area (Å²) in [6, 6.07) is 10.3. The molecule has 0 bridgehead atoms. The van der Waals surface area contributed by atoms with Crippen molar-refractivity contribution in [2.24, 2.45) is 0 Å².